The number of carbonyl (C=O) groups excluding carboxylic acids is 1. The van der Waals surface area contributed by atoms with Gasteiger partial charge in [0.05, 0.1) is 11.0 Å². The normalized spacial score (nSPS) is 58.7. The number of esters is 1. The summed E-state index contributed by atoms with van der Waals surface area (Å²) in [6.45, 7) is 0. The maximum atomic E-state index is 13.2. The standard InChI is InChI=1S/C17H20N2O2/c1-19-11-6-7-12(19)9-13(8-11)21-17(20)15-10-18-16-5-3-2-4-14(15)16/h2-5,10-13,18H,6-9H2,1H3/t11-,12+,13?/i3D,5D,6D2,7D2,8D2,9D2,10D,11D,12D,13D. The number of benzene rings is 1. The first-order valence-electron chi connectivity index (χ1n) is 13.2. The van der Waals surface area contributed by atoms with Crippen molar-refractivity contribution in [3.05, 3.63) is 36.0 Å². The average molecular weight is 298 g/mol. The maximum absolute atomic E-state index is 13.2. The van der Waals surface area contributed by atoms with Crippen LogP contribution in [0.15, 0.2) is 30.4 Å². The molecule has 2 aromatic rings. The summed E-state index contributed by atoms with van der Waals surface area (Å²) in [5, 5.41) is -0.117. The topological polar surface area (TPSA) is 45.3 Å². The number of fused-ring (bicyclic) bond motifs is 3. The van der Waals surface area contributed by atoms with Crippen LogP contribution in [0.3, 0.4) is 0 Å². The predicted octanol–water partition coefficient (Wildman–Crippen LogP) is 2.95. The van der Waals surface area contributed by atoms with E-state index in [1.54, 1.807) is 0 Å². The second-order valence-corrected chi connectivity index (χ2v) is 4.49. The summed E-state index contributed by atoms with van der Waals surface area (Å²) in [6.07, 6.45) is -19.1. The number of nitrogens with zero attached hydrogens (tertiary/aromatic N) is 1. The Hall–Kier alpha value is -1.81. The molecule has 2 aliphatic heterocycles. The van der Waals surface area contributed by atoms with E-state index in [2.05, 4.69) is 4.98 Å². The third kappa shape index (κ3) is 2.14. The maximum Gasteiger partial charge on any atom is 0.340 e. The Morgan fingerprint density at radius 2 is 2.29 bits per heavy atom. The van der Waals surface area contributed by atoms with Crippen LogP contribution in [-0.2, 0) is 4.74 Å². The molecular weight excluding hydrogens is 264 g/mol. The largest absolute Gasteiger partial charge is 0.459 e. The Balaban J connectivity index is 1.95. The molecule has 2 aliphatic rings. The minimum atomic E-state index is -3.83. The van der Waals surface area contributed by atoms with Crippen LogP contribution >= 0.6 is 0 Å². The number of piperidine rings is 1. The Bertz CT molecular complexity index is 1240. The molecule has 0 radical (unpaired) electrons. The van der Waals surface area contributed by atoms with Crippen LogP contribution in [0.4, 0.5) is 0 Å². The number of nitrogens with one attached hydrogen (secondary N) is 1. The van der Waals surface area contributed by atoms with Crippen LogP contribution in [-0.4, -0.2) is 41.0 Å². The molecule has 0 amide bonds. The van der Waals surface area contributed by atoms with Gasteiger partial charge in [0.25, 0.3) is 0 Å². The molecule has 21 heavy (non-hydrogen) atoms. The van der Waals surface area contributed by atoms with Crippen LogP contribution < -0.4 is 0 Å². The van der Waals surface area contributed by atoms with E-state index in [0.29, 0.717) is 0 Å². The van der Waals surface area contributed by atoms with Crippen molar-refractivity contribution < 1.29 is 28.7 Å². The molecule has 0 saturated carbocycles. The summed E-state index contributed by atoms with van der Waals surface area (Å²) >= 11 is 0. The molecule has 1 N–H and O–H groups in total. The predicted molar refractivity (Wildman–Crippen MR) is 81.3 cm³/mol. The van der Waals surface area contributed by atoms with Gasteiger partial charge in [-0.3, -0.25) is 0 Å². The molecule has 2 bridgehead atoms. The van der Waals surface area contributed by atoms with E-state index in [1.165, 1.54) is 6.07 Å². The molecule has 1 unspecified atom stereocenters. The van der Waals surface area contributed by atoms with Gasteiger partial charge in [-0.1, -0.05) is 18.2 Å². The fourth-order valence-electron chi connectivity index (χ4n) is 2.12. The Labute approximate surface area is 143 Å². The van der Waals surface area contributed by atoms with E-state index in [-0.39, 0.29) is 27.9 Å². The van der Waals surface area contributed by atoms with Gasteiger partial charge in [0.1, 0.15) is 6.08 Å². The van der Waals surface area contributed by atoms with E-state index < -0.39 is 61.3 Å². The van der Waals surface area contributed by atoms with E-state index in [1.807, 2.05) is 0 Å². The van der Waals surface area contributed by atoms with Crippen LogP contribution in [0.5, 0.6) is 0 Å². The molecule has 3 heterocycles. The fourth-order valence-corrected chi connectivity index (χ4v) is 2.12. The molecule has 4 nitrogen and oxygen atoms in total. The van der Waals surface area contributed by atoms with Gasteiger partial charge in [-0.05, 0) is 25.8 Å². The average Bonchev–Trinajstić information content (AvgIpc) is 3.12. The van der Waals surface area contributed by atoms with Crippen molar-refractivity contribution in [2.45, 2.75) is 43.6 Å². The van der Waals surface area contributed by atoms with Crippen LogP contribution in [0.25, 0.3) is 10.9 Å². The number of hydrogen-bond acceptors (Lipinski definition) is 3. The molecule has 2 fully saturated rings. The lowest BCUT2D eigenvalue weighted by molar-refractivity contribution is -0.000258. The second-order valence-electron chi connectivity index (χ2n) is 4.49. The van der Waals surface area contributed by atoms with Crippen molar-refractivity contribution in [1.82, 2.24) is 9.88 Å². The van der Waals surface area contributed by atoms with Crippen LogP contribution in [0, 0.1) is 0 Å². The molecule has 2 saturated heterocycles. The number of para-hydroxylation sites is 1. The smallest absolute Gasteiger partial charge is 0.340 e. The number of H-pyrrole nitrogens is 1. The first-order chi connectivity index (χ1) is 15.6. The molecular formula is C17H20N2O2. The summed E-state index contributed by atoms with van der Waals surface area (Å²) in [5.41, 5.74) is -0.758. The molecule has 4 heteroatoms. The first kappa shape index (κ1) is 4.85. The first-order valence-corrected chi connectivity index (χ1v) is 6.17. The highest BCUT2D eigenvalue weighted by Gasteiger charge is 2.40. The van der Waals surface area contributed by atoms with Crippen molar-refractivity contribution >= 4 is 16.9 Å². The van der Waals surface area contributed by atoms with Gasteiger partial charge in [0.15, 0.2) is 0 Å². The fraction of sp³-hybridized carbons (Fsp3) is 0.471. The van der Waals surface area contributed by atoms with Crippen molar-refractivity contribution in [1.29, 1.82) is 0 Å². The van der Waals surface area contributed by atoms with Gasteiger partial charge in [0, 0.05) is 55.6 Å². The lowest BCUT2D eigenvalue weighted by Crippen LogP contribution is -2.43. The Morgan fingerprint density at radius 1 is 1.52 bits per heavy atom. The molecule has 0 spiro atoms. The van der Waals surface area contributed by atoms with Crippen molar-refractivity contribution in [3.8, 4) is 0 Å². The third-order valence-electron chi connectivity index (χ3n) is 3.21. The minimum absolute atomic E-state index is 0.117. The Kier molecular flexibility index (Phi) is 1.13. The van der Waals surface area contributed by atoms with Gasteiger partial charge in [-0.25, -0.2) is 4.79 Å². The van der Waals surface area contributed by atoms with Crippen molar-refractivity contribution in [3.63, 3.8) is 0 Å². The number of carbonyl (C=O) groups is 1. The monoisotopic (exact) mass is 298 g/mol. The molecule has 1 aromatic carbocycles. The van der Waals surface area contributed by atoms with E-state index in [9.17, 15) is 4.79 Å². The molecule has 0 aliphatic carbocycles. The highest BCUT2D eigenvalue weighted by atomic mass is 16.5. The summed E-state index contributed by atoms with van der Waals surface area (Å²) < 4.78 is 121. The number of hydrogen-bond donors (Lipinski definition) is 1. The second kappa shape index (κ2) is 4.88. The molecule has 1 aromatic heterocycles. The molecule has 110 valence electrons. The lowest BCUT2D eigenvalue weighted by atomic mass is 10.0. The van der Waals surface area contributed by atoms with Crippen LogP contribution in [0.1, 0.15) is 55.0 Å². The zero-order valence-electron chi connectivity index (χ0n) is 24.9. The quantitative estimate of drug-likeness (QED) is 0.867. The van der Waals surface area contributed by atoms with Gasteiger partial charge < -0.3 is 14.6 Å². The molecule has 3 atom stereocenters. The summed E-state index contributed by atoms with van der Waals surface area (Å²) in [5.74, 6) is -1.64. The zero-order chi connectivity index (χ0) is 26.9. The Morgan fingerprint density at radius 3 is 3.05 bits per heavy atom. The van der Waals surface area contributed by atoms with Crippen molar-refractivity contribution in [2.24, 2.45) is 0 Å². The van der Waals surface area contributed by atoms with Crippen molar-refractivity contribution in [2.75, 3.05) is 7.05 Å². The number of rotatable bonds is 2. The number of aromatic nitrogens is 1. The zero-order valence-corrected chi connectivity index (χ0v) is 10.9. The summed E-state index contributed by atoms with van der Waals surface area (Å²) in [7, 11) is 0.801. The van der Waals surface area contributed by atoms with Gasteiger partial charge in [-0.2, -0.15) is 0 Å². The van der Waals surface area contributed by atoms with Gasteiger partial charge >= 0.3 is 5.97 Å². The highest BCUT2D eigenvalue weighted by Crippen LogP contribution is 2.35. The minimum Gasteiger partial charge on any atom is -0.459 e. The third-order valence-corrected chi connectivity index (χ3v) is 3.21. The van der Waals surface area contributed by atoms with E-state index in [4.69, 9.17) is 23.9 Å². The summed E-state index contributed by atoms with van der Waals surface area (Å²) in [4.78, 5) is 15.8. The van der Waals surface area contributed by atoms with Crippen LogP contribution in [0.2, 0.25) is 0 Å². The number of aromatic amines is 1. The van der Waals surface area contributed by atoms with Gasteiger partial charge in [0.2, 0.25) is 0 Å². The van der Waals surface area contributed by atoms with E-state index in [0.717, 1.165) is 13.1 Å². The summed E-state index contributed by atoms with van der Waals surface area (Å²) in [6, 6.07) is -5.08. The number of ether oxygens (including phenoxy) is 1. The van der Waals surface area contributed by atoms with E-state index >= 15 is 0 Å². The van der Waals surface area contributed by atoms with Gasteiger partial charge in [-0.15, -0.1) is 0 Å². The SMILES string of the molecule is [2H]c1ccc2c(C(=O)OC3([2H])C([2H])([2H])[C@]4([2H])N(C)[C@]([2H])(C3([2H])[2H])C([2H])([2H])C4([2H])[2H])c([2H])[nH]c2c1[2H]. The highest BCUT2D eigenvalue weighted by molar-refractivity contribution is 6.04. The molecule has 4 rings (SSSR count). The lowest BCUT2D eigenvalue weighted by Gasteiger charge is -2.35.